The zero-order valence-electron chi connectivity index (χ0n) is 6.23. The first kappa shape index (κ1) is 7.46. The molecule has 54 valence electrons. The third-order valence-corrected chi connectivity index (χ3v) is 2.60. The summed E-state index contributed by atoms with van der Waals surface area (Å²) in [5, 5.41) is 0. The molecule has 1 fully saturated rings. The van der Waals surface area contributed by atoms with Crippen molar-refractivity contribution < 1.29 is 0 Å². The lowest BCUT2D eigenvalue weighted by molar-refractivity contribution is 0.658. The van der Waals surface area contributed by atoms with Crippen LogP contribution in [0.15, 0.2) is 0 Å². The van der Waals surface area contributed by atoms with Crippen molar-refractivity contribution in [2.75, 3.05) is 12.0 Å². The molecule has 0 atom stereocenters. The van der Waals surface area contributed by atoms with Crippen LogP contribution in [0.1, 0.15) is 32.1 Å². The summed E-state index contributed by atoms with van der Waals surface area (Å²) >= 11 is 1.97. The van der Waals surface area contributed by atoms with E-state index in [2.05, 4.69) is 6.26 Å². The lowest BCUT2D eigenvalue weighted by Gasteiger charge is -1.95. The van der Waals surface area contributed by atoms with E-state index in [1.54, 1.807) is 0 Å². The molecule has 0 radical (unpaired) electrons. The summed E-state index contributed by atoms with van der Waals surface area (Å²) in [4.78, 5) is 0. The Bertz CT molecular complexity index is 67.0. The number of thioether (sulfide) groups is 1. The zero-order valence-corrected chi connectivity index (χ0v) is 7.04. The Hall–Kier alpha value is 0.350. The molecule has 1 aliphatic rings. The molecule has 1 aliphatic carbocycles. The number of hydrogen-bond donors (Lipinski definition) is 0. The fourth-order valence-corrected chi connectivity index (χ4v) is 1.58. The molecule has 0 aromatic rings. The van der Waals surface area contributed by atoms with Gasteiger partial charge >= 0.3 is 0 Å². The highest BCUT2D eigenvalue weighted by atomic mass is 32.2. The lowest BCUT2D eigenvalue weighted by Crippen LogP contribution is -1.80. The average Bonchev–Trinajstić information content (AvgIpc) is 2.63. The molecule has 1 saturated carbocycles. The van der Waals surface area contributed by atoms with E-state index in [9.17, 15) is 0 Å². The molecule has 0 heterocycles. The van der Waals surface area contributed by atoms with E-state index >= 15 is 0 Å². The number of unbranched alkanes of at least 4 members (excludes halogenated alkanes) is 1. The van der Waals surface area contributed by atoms with Crippen LogP contribution in [0, 0.1) is 5.92 Å². The van der Waals surface area contributed by atoms with Crippen LogP contribution in [0.3, 0.4) is 0 Å². The van der Waals surface area contributed by atoms with Crippen molar-refractivity contribution in [3.63, 3.8) is 0 Å². The second-order valence-corrected chi connectivity index (χ2v) is 3.92. The number of hydrogen-bond acceptors (Lipinski definition) is 1. The van der Waals surface area contributed by atoms with Crippen molar-refractivity contribution in [1.29, 1.82) is 0 Å². The summed E-state index contributed by atoms with van der Waals surface area (Å²) in [6.07, 6.45) is 9.68. The summed E-state index contributed by atoms with van der Waals surface area (Å²) in [6, 6.07) is 0. The third-order valence-electron chi connectivity index (χ3n) is 1.91. The zero-order chi connectivity index (χ0) is 6.53. The van der Waals surface area contributed by atoms with E-state index < -0.39 is 0 Å². The Kier molecular flexibility index (Phi) is 3.49. The minimum absolute atomic E-state index is 1.15. The molecule has 0 amide bonds. The quantitative estimate of drug-likeness (QED) is 0.535. The van der Waals surface area contributed by atoms with Gasteiger partial charge in [0.15, 0.2) is 0 Å². The van der Waals surface area contributed by atoms with Crippen molar-refractivity contribution >= 4 is 11.8 Å². The molecule has 0 aromatic heterocycles. The van der Waals surface area contributed by atoms with Crippen LogP contribution in [-0.2, 0) is 0 Å². The Balaban J connectivity index is 1.71. The van der Waals surface area contributed by atoms with Gasteiger partial charge in [-0.05, 0) is 24.3 Å². The van der Waals surface area contributed by atoms with Gasteiger partial charge in [0, 0.05) is 0 Å². The summed E-state index contributed by atoms with van der Waals surface area (Å²) in [5.74, 6) is 2.51. The third kappa shape index (κ3) is 3.85. The first-order valence-electron chi connectivity index (χ1n) is 3.92. The van der Waals surface area contributed by atoms with Crippen LogP contribution in [-0.4, -0.2) is 12.0 Å². The molecule has 0 spiro atoms. The SMILES string of the molecule is CSCCCCC1CC1. The second-order valence-electron chi connectivity index (χ2n) is 2.93. The van der Waals surface area contributed by atoms with Crippen LogP contribution in [0.2, 0.25) is 0 Å². The van der Waals surface area contributed by atoms with Crippen molar-refractivity contribution in [2.45, 2.75) is 32.1 Å². The monoisotopic (exact) mass is 144 g/mol. The first-order valence-corrected chi connectivity index (χ1v) is 5.32. The van der Waals surface area contributed by atoms with E-state index in [1.807, 2.05) is 11.8 Å². The molecule has 9 heavy (non-hydrogen) atoms. The fraction of sp³-hybridized carbons (Fsp3) is 1.00. The van der Waals surface area contributed by atoms with E-state index in [0.29, 0.717) is 0 Å². The van der Waals surface area contributed by atoms with Crippen LogP contribution >= 0.6 is 11.8 Å². The molecule has 0 bridgehead atoms. The Labute approximate surface area is 62.4 Å². The second kappa shape index (κ2) is 4.21. The highest BCUT2D eigenvalue weighted by molar-refractivity contribution is 7.98. The molecule has 0 nitrogen and oxygen atoms in total. The van der Waals surface area contributed by atoms with Crippen LogP contribution < -0.4 is 0 Å². The average molecular weight is 144 g/mol. The molecule has 0 saturated heterocycles. The van der Waals surface area contributed by atoms with Crippen LogP contribution in [0.5, 0.6) is 0 Å². The molecule has 0 aromatic carbocycles. The van der Waals surface area contributed by atoms with Gasteiger partial charge in [-0.15, -0.1) is 0 Å². The topological polar surface area (TPSA) is 0 Å². The van der Waals surface area contributed by atoms with Crippen LogP contribution in [0.4, 0.5) is 0 Å². The molecule has 1 heteroatoms. The van der Waals surface area contributed by atoms with Gasteiger partial charge in [-0.25, -0.2) is 0 Å². The Morgan fingerprint density at radius 1 is 1.33 bits per heavy atom. The van der Waals surface area contributed by atoms with Gasteiger partial charge < -0.3 is 0 Å². The van der Waals surface area contributed by atoms with Gasteiger partial charge in [0.1, 0.15) is 0 Å². The van der Waals surface area contributed by atoms with E-state index in [-0.39, 0.29) is 0 Å². The highest BCUT2D eigenvalue weighted by Gasteiger charge is 2.19. The van der Waals surface area contributed by atoms with Gasteiger partial charge in [0.25, 0.3) is 0 Å². The fourth-order valence-electron chi connectivity index (χ4n) is 1.09. The predicted molar refractivity (Wildman–Crippen MR) is 45.0 cm³/mol. The maximum atomic E-state index is 2.19. The number of rotatable bonds is 5. The molecule has 1 rings (SSSR count). The highest BCUT2D eigenvalue weighted by Crippen LogP contribution is 2.33. The molecule has 0 N–H and O–H groups in total. The van der Waals surface area contributed by atoms with Gasteiger partial charge in [0.2, 0.25) is 0 Å². The Morgan fingerprint density at radius 3 is 2.67 bits per heavy atom. The summed E-state index contributed by atoms with van der Waals surface area (Å²) in [6.45, 7) is 0. The summed E-state index contributed by atoms with van der Waals surface area (Å²) in [7, 11) is 0. The minimum atomic E-state index is 1.15. The summed E-state index contributed by atoms with van der Waals surface area (Å²) < 4.78 is 0. The molecular formula is C8H16S. The normalized spacial score (nSPS) is 18.3. The molecule has 0 unspecified atom stereocenters. The summed E-state index contributed by atoms with van der Waals surface area (Å²) in [5.41, 5.74) is 0. The van der Waals surface area contributed by atoms with E-state index in [4.69, 9.17) is 0 Å². The lowest BCUT2D eigenvalue weighted by atomic mass is 10.2. The largest absolute Gasteiger partial charge is 0.165 e. The Morgan fingerprint density at radius 2 is 2.11 bits per heavy atom. The smallest absolute Gasteiger partial charge is 0.00703 e. The van der Waals surface area contributed by atoms with Crippen molar-refractivity contribution in [3.8, 4) is 0 Å². The maximum Gasteiger partial charge on any atom is -0.00703 e. The van der Waals surface area contributed by atoms with Crippen molar-refractivity contribution in [2.24, 2.45) is 5.92 Å². The van der Waals surface area contributed by atoms with Gasteiger partial charge in [0.05, 0.1) is 0 Å². The molecular weight excluding hydrogens is 128 g/mol. The first-order chi connectivity index (χ1) is 4.43. The molecule has 0 aliphatic heterocycles. The van der Waals surface area contributed by atoms with E-state index in [1.165, 1.54) is 37.9 Å². The minimum Gasteiger partial charge on any atom is -0.165 e. The standard InChI is InChI=1S/C8H16S/c1-9-7-3-2-4-8-5-6-8/h8H,2-7H2,1H3. The van der Waals surface area contributed by atoms with Crippen molar-refractivity contribution in [1.82, 2.24) is 0 Å². The van der Waals surface area contributed by atoms with Gasteiger partial charge in [-0.1, -0.05) is 25.7 Å². The van der Waals surface area contributed by atoms with Crippen molar-refractivity contribution in [3.05, 3.63) is 0 Å². The predicted octanol–water partition coefficient (Wildman–Crippen LogP) is 2.93. The van der Waals surface area contributed by atoms with Gasteiger partial charge in [-0.3, -0.25) is 0 Å². The maximum absolute atomic E-state index is 2.19. The van der Waals surface area contributed by atoms with Gasteiger partial charge in [-0.2, -0.15) is 11.8 Å². The van der Waals surface area contributed by atoms with E-state index in [0.717, 1.165) is 5.92 Å². The van der Waals surface area contributed by atoms with Crippen LogP contribution in [0.25, 0.3) is 0 Å².